The molecule has 0 unspecified atom stereocenters. The Morgan fingerprint density at radius 1 is 1.44 bits per heavy atom. The fourth-order valence-electron chi connectivity index (χ4n) is 2.42. The van der Waals surface area contributed by atoms with E-state index in [-0.39, 0.29) is 5.56 Å². The van der Waals surface area contributed by atoms with Crippen LogP contribution in [0.3, 0.4) is 0 Å². The van der Waals surface area contributed by atoms with Crippen LogP contribution in [0.1, 0.15) is 32.1 Å². The third-order valence-corrected chi connectivity index (χ3v) is 3.31. The van der Waals surface area contributed by atoms with Gasteiger partial charge in [-0.05, 0) is 18.8 Å². The first-order valence-electron chi connectivity index (χ1n) is 6.01. The predicted molar refractivity (Wildman–Crippen MR) is 64.7 cm³/mol. The summed E-state index contributed by atoms with van der Waals surface area (Å²) in [7, 11) is 2.01. The molecule has 0 saturated heterocycles. The number of nitrogens with zero attached hydrogens (tertiary/aromatic N) is 2. The van der Waals surface area contributed by atoms with E-state index < -0.39 is 0 Å². The first-order valence-corrected chi connectivity index (χ1v) is 6.01. The van der Waals surface area contributed by atoms with Crippen molar-refractivity contribution in [2.45, 2.75) is 32.1 Å². The normalized spacial score (nSPS) is 17.3. The van der Waals surface area contributed by atoms with Crippen LogP contribution >= 0.6 is 0 Å². The van der Waals surface area contributed by atoms with Crippen LogP contribution in [0.15, 0.2) is 17.2 Å². The zero-order chi connectivity index (χ0) is 11.4. The number of H-pyrrole nitrogens is 1. The van der Waals surface area contributed by atoms with Gasteiger partial charge in [0.15, 0.2) is 0 Å². The molecule has 1 N–H and O–H groups in total. The topological polar surface area (TPSA) is 49.0 Å². The molecular formula is C12H19N3O. The number of aromatic nitrogens is 2. The third-order valence-electron chi connectivity index (χ3n) is 3.31. The van der Waals surface area contributed by atoms with Gasteiger partial charge < -0.3 is 9.88 Å². The van der Waals surface area contributed by atoms with Gasteiger partial charge in [0, 0.05) is 19.7 Å². The van der Waals surface area contributed by atoms with Crippen molar-refractivity contribution in [3.63, 3.8) is 0 Å². The molecule has 0 aromatic carbocycles. The maximum Gasteiger partial charge on any atom is 0.252 e. The van der Waals surface area contributed by atoms with Crippen molar-refractivity contribution in [3.8, 4) is 0 Å². The summed E-state index contributed by atoms with van der Waals surface area (Å²) in [4.78, 5) is 20.0. The maximum absolute atomic E-state index is 11.2. The Bertz CT molecular complexity index is 382. The van der Waals surface area contributed by atoms with E-state index in [1.54, 1.807) is 6.07 Å². The van der Waals surface area contributed by atoms with Crippen LogP contribution in [0, 0.1) is 5.92 Å². The molecule has 0 aliphatic heterocycles. The quantitative estimate of drug-likeness (QED) is 0.846. The molecule has 1 heterocycles. The van der Waals surface area contributed by atoms with Crippen molar-refractivity contribution in [2.75, 3.05) is 18.5 Å². The monoisotopic (exact) mass is 221 g/mol. The van der Waals surface area contributed by atoms with Gasteiger partial charge in [0.25, 0.3) is 5.56 Å². The summed E-state index contributed by atoms with van der Waals surface area (Å²) in [6.45, 7) is 1.01. The van der Waals surface area contributed by atoms with Crippen molar-refractivity contribution < 1.29 is 0 Å². The minimum absolute atomic E-state index is 0.0829. The van der Waals surface area contributed by atoms with E-state index in [1.165, 1.54) is 38.4 Å². The van der Waals surface area contributed by atoms with Crippen molar-refractivity contribution in [1.29, 1.82) is 0 Å². The molecule has 2 rings (SSSR count). The minimum atomic E-state index is -0.0829. The van der Waals surface area contributed by atoms with Crippen LogP contribution in [0.5, 0.6) is 0 Å². The van der Waals surface area contributed by atoms with Gasteiger partial charge in [-0.3, -0.25) is 4.79 Å². The Kier molecular flexibility index (Phi) is 3.59. The highest BCUT2D eigenvalue weighted by Gasteiger charge is 2.16. The molecule has 0 atom stereocenters. The molecule has 0 spiro atoms. The average Bonchev–Trinajstić information content (AvgIpc) is 2.30. The molecule has 4 heteroatoms. The zero-order valence-corrected chi connectivity index (χ0v) is 9.78. The Morgan fingerprint density at radius 3 is 2.88 bits per heavy atom. The van der Waals surface area contributed by atoms with E-state index in [0.717, 1.165) is 18.3 Å². The number of hydrogen-bond donors (Lipinski definition) is 1. The van der Waals surface area contributed by atoms with Gasteiger partial charge in [0.1, 0.15) is 5.82 Å². The molecule has 88 valence electrons. The largest absolute Gasteiger partial charge is 0.359 e. The van der Waals surface area contributed by atoms with Crippen LogP contribution in [0.25, 0.3) is 0 Å². The number of aromatic amines is 1. The summed E-state index contributed by atoms with van der Waals surface area (Å²) < 4.78 is 0. The second-order valence-electron chi connectivity index (χ2n) is 4.65. The number of nitrogens with one attached hydrogen (secondary N) is 1. The van der Waals surface area contributed by atoms with E-state index in [4.69, 9.17) is 0 Å². The van der Waals surface area contributed by atoms with Gasteiger partial charge >= 0.3 is 0 Å². The van der Waals surface area contributed by atoms with Crippen molar-refractivity contribution in [3.05, 3.63) is 22.7 Å². The number of rotatable bonds is 3. The molecule has 4 nitrogen and oxygen atoms in total. The smallest absolute Gasteiger partial charge is 0.252 e. The lowest BCUT2D eigenvalue weighted by Crippen LogP contribution is -2.28. The summed E-state index contributed by atoms with van der Waals surface area (Å²) in [6, 6.07) is 1.56. The van der Waals surface area contributed by atoms with Gasteiger partial charge in [-0.2, -0.15) is 0 Å². The highest BCUT2D eigenvalue weighted by atomic mass is 16.1. The average molecular weight is 221 g/mol. The number of anilines is 1. The Morgan fingerprint density at radius 2 is 2.19 bits per heavy atom. The maximum atomic E-state index is 11.2. The molecule has 1 aliphatic carbocycles. The first kappa shape index (κ1) is 11.2. The molecule has 0 radical (unpaired) electrons. The third kappa shape index (κ3) is 2.84. The molecule has 0 amide bonds. The van der Waals surface area contributed by atoms with Crippen molar-refractivity contribution in [1.82, 2.24) is 9.97 Å². The van der Waals surface area contributed by atoms with Crippen LogP contribution in [0.4, 0.5) is 5.82 Å². The molecular weight excluding hydrogens is 202 g/mol. The molecule has 16 heavy (non-hydrogen) atoms. The van der Waals surface area contributed by atoms with Gasteiger partial charge in [0.2, 0.25) is 0 Å². The van der Waals surface area contributed by atoms with E-state index in [2.05, 4.69) is 14.9 Å². The van der Waals surface area contributed by atoms with Crippen molar-refractivity contribution >= 4 is 5.82 Å². The summed E-state index contributed by atoms with van der Waals surface area (Å²) in [5, 5.41) is 0. The molecule has 1 aromatic rings. The summed E-state index contributed by atoms with van der Waals surface area (Å²) >= 11 is 0. The van der Waals surface area contributed by atoms with E-state index in [0.29, 0.717) is 0 Å². The zero-order valence-electron chi connectivity index (χ0n) is 9.78. The van der Waals surface area contributed by atoms with Crippen molar-refractivity contribution in [2.24, 2.45) is 5.92 Å². The van der Waals surface area contributed by atoms with Gasteiger partial charge in [-0.25, -0.2) is 4.98 Å². The Balaban J connectivity index is 1.96. The van der Waals surface area contributed by atoms with E-state index >= 15 is 0 Å². The fourth-order valence-corrected chi connectivity index (χ4v) is 2.42. The minimum Gasteiger partial charge on any atom is -0.359 e. The van der Waals surface area contributed by atoms with Gasteiger partial charge in [-0.15, -0.1) is 0 Å². The van der Waals surface area contributed by atoms with E-state index in [9.17, 15) is 4.79 Å². The fraction of sp³-hybridized carbons (Fsp3) is 0.667. The lowest BCUT2D eigenvalue weighted by atomic mass is 9.89. The molecule has 1 aromatic heterocycles. The Labute approximate surface area is 95.7 Å². The van der Waals surface area contributed by atoms with Crippen LogP contribution in [-0.4, -0.2) is 23.6 Å². The molecule has 0 bridgehead atoms. The van der Waals surface area contributed by atoms with Gasteiger partial charge in [-0.1, -0.05) is 19.3 Å². The molecule has 1 fully saturated rings. The highest BCUT2D eigenvalue weighted by molar-refractivity contribution is 5.34. The predicted octanol–water partition coefficient (Wildman–Crippen LogP) is 1.79. The number of hydrogen-bond acceptors (Lipinski definition) is 3. The standard InChI is InChI=1S/C12H19N3O/c1-15(8-10-5-3-2-4-6-10)11-7-12(16)14-9-13-11/h7,9-10H,2-6,8H2,1H3,(H,13,14,16). The van der Waals surface area contributed by atoms with Gasteiger partial charge in [0.05, 0.1) is 6.33 Å². The first-order chi connectivity index (χ1) is 7.75. The summed E-state index contributed by atoms with van der Waals surface area (Å²) in [5.74, 6) is 1.54. The summed E-state index contributed by atoms with van der Waals surface area (Å²) in [6.07, 6.45) is 8.17. The van der Waals surface area contributed by atoms with Crippen LogP contribution in [-0.2, 0) is 0 Å². The lowest BCUT2D eigenvalue weighted by molar-refractivity contribution is 0.361. The SMILES string of the molecule is CN(CC1CCCCC1)c1cc(=O)[nH]cn1. The second kappa shape index (κ2) is 5.14. The van der Waals surface area contributed by atoms with Crippen LogP contribution in [0.2, 0.25) is 0 Å². The van der Waals surface area contributed by atoms with Crippen LogP contribution < -0.4 is 10.5 Å². The van der Waals surface area contributed by atoms with E-state index in [1.807, 2.05) is 7.05 Å². The molecule has 1 aliphatic rings. The highest BCUT2D eigenvalue weighted by Crippen LogP contribution is 2.24. The second-order valence-corrected chi connectivity index (χ2v) is 4.65. The molecule has 1 saturated carbocycles. The Hall–Kier alpha value is -1.32. The lowest BCUT2D eigenvalue weighted by Gasteiger charge is -2.27. The summed E-state index contributed by atoms with van der Waals surface area (Å²) in [5.41, 5.74) is -0.0829.